The zero-order chi connectivity index (χ0) is 13.9. The summed E-state index contributed by atoms with van der Waals surface area (Å²) in [5.41, 5.74) is 0.670. The number of carbonyl (C=O) groups is 1. The zero-order valence-electron chi connectivity index (χ0n) is 11.0. The summed E-state index contributed by atoms with van der Waals surface area (Å²) in [7, 11) is 0. The third-order valence-electron chi connectivity index (χ3n) is 3.37. The van der Waals surface area contributed by atoms with E-state index < -0.39 is 0 Å². The summed E-state index contributed by atoms with van der Waals surface area (Å²) in [6.07, 6.45) is 4.83. The SMILES string of the molecule is O=C(c1cccc(Cl)c1)N(CCc1nccs1)C1CC1. The van der Waals surface area contributed by atoms with Gasteiger partial charge in [-0.2, -0.15) is 0 Å². The molecule has 1 aliphatic carbocycles. The van der Waals surface area contributed by atoms with Crippen molar-refractivity contribution in [1.82, 2.24) is 9.88 Å². The van der Waals surface area contributed by atoms with E-state index in [1.165, 1.54) is 0 Å². The molecule has 1 aliphatic rings. The fourth-order valence-electron chi connectivity index (χ4n) is 2.22. The number of nitrogens with zero attached hydrogens (tertiary/aromatic N) is 2. The second-order valence-corrected chi connectivity index (χ2v) is 6.33. The topological polar surface area (TPSA) is 33.2 Å². The van der Waals surface area contributed by atoms with Crippen molar-refractivity contribution in [1.29, 1.82) is 0 Å². The highest BCUT2D eigenvalue weighted by molar-refractivity contribution is 7.09. The van der Waals surface area contributed by atoms with Crippen LogP contribution in [0.1, 0.15) is 28.2 Å². The standard InChI is InChI=1S/C15H15ClN2OS/c16-12-3-1-2-11(10-12)15(19)18(13-4-5-13)8-6-14-17-7-9-20-14/h1-3,7,9-10,13H,4-6,8H2. The molecular formula is C15H15ClN2OS. The van der Waals surface area contributed by atoms with Crippen LogP contribution in [0, 0.1) is 0 Å². The van der Waals surface area contributed by atoms with Crippen molar-refractivity contribution in [3.05, 3.63) is 51.4 Å². The molecule has 5 heteroatoms. The van der Waals surface area contributed by atoms with Crippen molar-refractivity contribution in [2.75, 3.05) is 6.54 Å². The quantitative estimate of drug-likeness (QED) is 0.845. The average molecular weight is 307 g/mol. The highest BCUT2D eigenvalue weighted by Crippen LogP contribution is 2.29. The van der Waals surface area contributed by atoms with Crippen molar-refractivity contribution >= 4 is 28.8 Å². The average Bonchev–Trinajstić information content (AvgIpc) is 3.14. The molecule has 1 saturated carbocycles. The molecule has 0 atom stereocenters. The largest absolute Gasteiger partial charge is 0.335 e. The van der Waals surface area contributed by atoms with Crippen molar-refractivity contribution < 1.29 is 4.79 Å². The number of rotatable bonds is 5. The van der Waals surface area contributed by atoms with Crippen LogP contribution in [0.3, 0.4) is 0 Å². The van der Waals surface area contributed by atoms with E-state index in [-0.39, 0.29) is 5.91 Å². The first kappa shape index (κ1) is 13.6. The number of carbonyl (C=O) groups excluding carboxylic acids is 1. The van der Waals surface area contributed by atoms with Gasteiger partial charge in [-0.25, -0.2) is 4.98 Å². The van der Waals surface area contributed by atoms with Crippen LogP contribution in [0.15, 0.2) is 35.8 Å². The minimum absolute atomic E-state index is 0.0755. The second kappa shape index (κ2) is 5.94. The Morgan fingerprint density at radius 1 is 1.45 bits per heavy atom. The number of hydrogen-bond acceptors (Lipinski definition) is 3. The van der Waals surface area contributed by atoms with E-state index in [9.17, 15) is 4.79 Å². The van der Waals surface area contributed by atoms with Crippen molar-refractivity contribution in [2.45, 2.75) is 25.3 Å². The van der Waals surface area contributed by atoms with Gasteiger partial charge in [0.1, 0.15) is 0 Å². The van der Waals surface area contributed by atoms with Gasteiger partial charge in [0, 0.05) is 41.2 Å². The zero-order valence-corrected chi connectivity index (χ0v) is 12.5. The number of amides is 1. The van der Waals surface area contributed by atoms with Gasteiger partial charge in [-0.1, -0.05) is 17.7 Å². The van der Waals surface area contributed by atoms with Gasteiger partial charge in [0.25, 0.3) is 5.91 Å². The number of benzene rings is 1. The molecule has 0 aliphatic heterocycles. The molecule has 104 valence electrons. The molecule has 0 saturated heterocycles. The maximum absolute atomic E-state index is 12.6. The smallest absolute Gasteiger partial charge is 0.254 e. The molecular weight excluding hydrogens is 292 g/mol. The van der Waals surface area contributed by atoms with Gasteiger partial charge < -0.3 is 4.90 Å². The van der Waals surface area contributed by atoms with Gasteiger partial charge in [-0.3, -0.25) is 4.79 Å². The molecule has 3 nitrogen and oxygen atoms in total. The van der Waals surface area contributed by atoms with Gasteiger partial charge in [-0.15, -0.1) is 11.3 Å². The molecule has 0 radical (unpaired) electrons. The minimum atomic E-state index is 0.0755. The lowest BCUT2D eigenvalue weighted by atomic mass is 10.2. The predicted molar refractivity (Wildman–Crippen MR) is 81.3 cm³/mol. The second-order valence-electron chi connectivity index (χ2n) is 4.92. The lowest BCUT2D eigenvalue weighted by Crippen LogP contribution is -2.34. The Morgan fingerprint density at radius 3 is 2.95 bits per heavy atom. The normalized spacial score (nSPS) is 14.2. The fraction of sp³-hybridized carbons (Fsp3) is 0.333. The number of hydrogen-bond donors (Lipinski definition) is 0. The van der Waals surface area contributed by atoms with Gasteiger partial charge in [0.05, 0.1) is 5.01 Å². The summed E-state index contributed by atoms with van der Waals surface area (Å²) in [4.78, 5) is 18.8. The van der Waals surface area contributed by atoms with Crippen LogP contribution < -0.4 is 0 Å². The Hall–Kier alpha value is -1.39. The molecule has 20 heavy (non-hydrogen) atoms. The van der Waals surface area contributed by atoms with Crippen LogP contribution in [0.25, 0.3) is 0 Å². The maximum atomic E-state index is 12.6. The summed E-state index contributed by atoms with van der Waals surface area (Å²) in [6.45, 7) is 0.726. The molecule has 0 unspecified atom stereocenters. The maximum Gasteiger partial charge on any atom is 0.254 e. The lowest BCUT2D eigenvalue weighted by Gasteiger charge is -2.22. The predicted octanol–water partition coefficient (Wildman–Crippen LogP) is 3.64. The highest BCUT2D eigenvalue weighted by atomic mass is 35.5. The van der Waals surface area contributed by atoms with Crippen LogP contribution >= 0.6 is 22.9 Å². The van der Waals surface area contributed by atoms with E-state index >= 15 is 0 Å². The van der Waals surface area contributed by atoms with Crippen LogP contribution in [0.5, 0.6) is 0 Å². The van der Waals surface area contributed by atoms with E-state index in [2.05, 4.69) is 4.98 Å². The first-order valence-electron chi connectivity index (χ1n) is 6.69. The Balaban J connectivity index is 1.71. The van der Waals surface area contributed by atoms with E-state index in [1.807, 2.05) is 22.4 Å². The summed E-state index contributed by atoms with van der Waals surface area (Å²) >= 11 is 7.60. The summed E-state index contributed by atoms with van der Waals surface area (Å²) < 4.78 is 0. The van der Waals surface area contributed by atoms with E-state index in [4.69, 9.17) is 11.6 Å². The van der Waals surface area contributed by atoms with E-state index in [1.54, 1.807) is 29.7 Å². The first-order valence-corrected chi connectivity index (χ1v) is 7.95. The van der Waals surface area contributed by atoms with Gasteiger partial charge in [0.15, 0.2) is 0 Å². The Bertz CT molecular complexity index is 596. The molecule has 0 bridgehead atoms. The molecule has 1 amide bonds. The monoisotopic (exact) mass is 306 g/mol. The summed E-state index contributed by atoms with van der Waals surface area (Å²) in [6, 6.07) is 7.56. The third kappa shape index (κ3) is 3.19. The molecule has 1 heterocycles. The van der Waals surface area contributed by atoms with Gasteiger partial charge >= 0.3 is 0 Å². The van der Waals surface area contributed by atoms with Gasteiger partial charge in [-0.05, 0) is 31.0 Å². The van der Waals surface area contributed by atoms with Crippen LogP contribution in [-0.4, -0.2) is 28.4 Å². The van der Waals surface area contributed by atoms with E-state index in [0.29, 0.717) is 16.6 Å². The van der Waals surface area contributed by atoms with Crippen molar-refractivity contribution in [3.8, 4) is 0 Å². The molecule has 0 spiro atoms. The number of thiazole rings is 1. The van der Waals surface area contributed by atoms with Crippen LogP contribution in [0.2, 0.25) is 5.02 Å². The number of halogens is 1. The van der Waals surface area contributed by atoms with Crippen LogP contribution in [0.4, 0.5) is 0 Å². The minimum Gasteiger partial charge on any atom is -0.335 e. The molecule has 1 fully saturated rings. The molecule has 3 rings (SSSR count). The van der Waals surface area contributed by atoms with Crippen molar-refractivity contribution in [3.63, 3.8) is 0 Å². The Morgan fingerprint density at radius 2 is 2.30 bits per heavy atom. The summed E-state index contributed by atoms with van der Waals surface area (Å²) in [5, 5.41) is 3.65. The summed E-state index contributed by atoms with van der Waals surface area (Å²) in [5.74, 6) is 0.0755. The first-order chi connectivity index (χ1) is 9.74. The Kier molecular flexibility index (Phi) is 4.03. The molecule has 2 aromatic rings. The van der Waals surface area contributed by atoms with E-state index in [0.717, 1.165) is 30.8 Å². The molecule has 1 aromatic carbocycles. The van der Waals surface area contributed by atoms with Gasteiger partial charge in [0.2, 0.25) is 0 Å². The molecule has 0 N–H and O–H groups in total. The highest BCUT2D eigenvalue weighted by Gasteiger charge is 2.32. The van der Waals surface area contributed by atoms with Crippen molar-refractivity contribution in [2.24, 2.45) is 0 Å². The Labute approximate surface area is 127 Å². The lowest BCUT2D eigenvalue weighted by molar-refractivity contribution is 0.0745. The van der Waals surface area contributed by atoms with Crippen LogP contribution in [-0.2, 0) is 6.42 Å². The third-order valence-corrected chi connectivity index (χ3v) is 4.44. The fourth-order valence-corrected chi connectivity index (χ4v) is 3.02. The molecule has 1 aromatic heterocycles. The number of aromatic nitrogens is 1.